The average molecular weight is 471 g/mol. The standard InChI is InChI=1S/C19H22FN3O2.HI/c1-21-19(22-9-7-14-3-2-4-16(20)11-14)23-10-8-15-5-6-17-18(12-15)25-13-24-17;/h2-6,11-12H,7-10,13H2,1H3,(H2,21,22,23);1H. The summed E-state index contributed by atoms with van der Waals surface area (Å²) in [6, 6.07) is 12.6. The average Bonchev–Trinajstić information content (AvgIpc) is 3.08. The Morgan fingerprint density at radius 1 is 1.00 bits per heavy atom. The molecule has 5 nitrogen and oxygen atoms in total. The van der Waals surface area contributed by atoms with Crippen LogP contribution in [0.15, 0.2) is 47.5 Å². The lowest BCUT2D eigenvalue weighted by Gasteiger charge is -2.12. The summed E-state index contributed by atoms with van der Waals surface area (Å²) in [7, 11) is 1.73. The fraction of sp³-hybridized carbons (Fsp3) is 0.316. The molecule has 1 heterocycles. The molecule has 0 spiro atoms. The minimum Gasteiger partial charge on any atom is -0.454 e. The van der Waals surface area contributed by atoms with Gasteiger partial charge in [-0.15, -0.1) is 24.0 Å². The van der Waals surface area contributed by atoms with E-state index in [-0.39, 0.29) is 29.8 Å². The summed E-state index contributed by atoms with van der Waals surface area (Å²) in [4.78, 5) is 4.20. The number of hydrogen-bond donors (Lipinski definition) is 2. The third-order valence-corrected chi connectivity index (χ3v) is 3.96. The van der Waals surface area contributed by atoms with Gasteiger partial charge in [0.25, 0.3) is 0 Å². The molecule has 0 aromatic heterocycles. The van der Waals surface area contributed by atoms with E-state index in [4.69, 9.17) is 9.47 Å². The van der Waals surface area contributed by atoms with Crippen molar-refractivity contribution in [3.8, 4) is 11.5 Å². The second kappa shape index (κ2) is 10.2. The zero-order chi connectivity index (χ0) is 17.5. The van der Waals surface area contributed by atoms with Crippen LogP contribution in [0, 0.1) is 5.82 Å². The van der Waals surface area contributed by atoms with Gasteiger partial charge in [0.2, 0.25) is 6.79 Å². The molecule has 0 bridgehead atoms. The molecule has 1 aliphatic heterocycles. The van der Waals surface area contributed by atoms with Crippen molar-refractivity contribution in [2.45, 2.75) is 12.8 Å². The number of guanidine groups is 1. The highest BCUT2D eigenvalue weighted by atomic mass is 127. The van der Waals surface area contributed by atoms with Gasteiger partial charge >= 0.3 is 0 Å². The Kier molecular flexibility index (Phi) is 7.96. The molecule has 2 aromatic carbocycles. The molecule has 2 N–H and O–H groups in total. The summed E-state index contributed by atoms with van der Waals surface area (Å²) in [5.74, 6) is 2.13. The molecule has 2 aromatic rings. The van der Waals surface area contributed by atoms with Gasteiger partial charge in [-0.1, -0.05) is 18.2 Å². The van der Waals surface area contributed by atoms with E-state index < -0.39 is 0 Å². The van der Waals surface area contributed by atoms with Crippen LogP contribution in [0.3, 0.4) is 0 Å². The predicted octanol–water partition coefficient (Wildman–Crippen LogP) is 3.12. The van der Waals surface area contributed by atoms with E-state index in [0.29, 0.717) is 13.3 Å². The lowest BCUT2D eigenvalue weighted by Crippen LogP contribution is -2.39. The molecule has 3 rings (SSSR count). The van der Waals surface area contributed by atoms with Crippen molar-refractivity contribution < 1.29 is 13.9 Å². The molecule has 26 heavy (non-hydrogen) atoms. The van der Waals surface area contributed by atoms with Crippen LogP contribution in [0.4, 0.5) is 4.39 Å². The highest BCUT2D eigenvalue weighted by molar-refractivity contribution is 14.0. The number of ether oxygens (including phenoxy) is 2. The molecule has 0 radical (unpaired) electrons. The van der Waals surface area contributed by atoms with Gasteiger partial charge in [-0.3, -0.25) is 4.99 Å². The minimum absolute atomic E-state index is 0. The first-order valence-corrected chi connectivity index (χ1v) is 8.32. The maximum absolute atomic E-state index is 13.2. The summed E-state index contributed by atoms with van der Waals surface area (Å²) in [5, 5.41) is 6.51. The van der Waals surface area contributed by atoms with Gasteiger partial charge in [0.05, 0.1) is 0 Å². The SMILES string of the molecule is CN=C(NCCc1cccc(F)c1)NCCc1ccc2c(c1)OCO2.I. The molecule has 0 amide bonds. The summed E-state index contributed by atoms with van der Waals surface area (Å²) in [6.07, 6.45) is 1.59. The van der Waals surface area contributed by atoms with E-state index >= 15 is 0 Å². The van der Waals surface area contributed by atoms with E-state index in [1.807, 2.05) is 24.3 Å². The zero-order valence-electron chi connectivity index (χ0n) is 14.6. The number of nitrogens with one attached hydrogen (secondary N) is 2. The van der Waals surface area contributed by atoms with E-state index in [0.717, 1.165) is 42.4 Å². The van der Waals surface area contributed by atoms with Crippen molar-refractivity contribution in [2.24, 2.45) is 4.99 Å². The first-order chi connectivity index (χ1) is 12.2. The van der Waals surface area contributed by atoms with Crippen LogP contribution in [0.25, 0.3) is 0 Å². The molecule has 0 fully saturated rings. The molecule has 1 aliphatic rings. The number of benzene rings is 2. The van der Waals surface area contributed by atoms with E-state index in [1.54, 1.807) is 19.2 Å². The first-order valence-electron chi connectivity index (χ1n) is 8.32. The topological polar surface area (TPSA) is 54.9 Å². The third kappa shape index (κ3) is 5.76. The van der Waals surface area contributed by atoms with Crippen LogP contribution in [-0.4, -0.2) is 32.9 Å². The number of nitrogens with zero attached hydrogens (tertiary/aromatic N) is 1. The van der Waals surface area contributed by atoms with Crippen LogP contribution in [0.1, 0.15) is 11.1 Å². The van der Waals surface area contributed by atoms with Crippen molar-refractivity contribution in [1.82, 2.24) is 10.6 Å². The summed E-state index contributed by atoms with van der Waals surface area (Å²) < 4.78 is 23.9. The monoisotopic (exact) mass is 471 g/mol. The number of hydrogen-bond acceptors (Lipinski definition) is 3. The Labute approximate surface area is 170 Å². The molecule has 7 heteroatoms. The normalized spacial score (nSPS) is 12.5. The maximum atomic E-state index is 13.2. The van der Waals surface area contributed by atoms with Crippen molar-refractivity contribution in [3.63, 3.8) is 0 Å². The van der Waals surface area contributed by atoms with Crippen molar-refractivity contribution in [3.05, 3.63) is 59.4 Å². The van der Waals surface area contributed by atoms with Crippen LogP contribution >= 0.6 is 24.0 Å². The van der Waals surface area contributed by atoms with Gasteiger partial charge in [0, 0.05) is 20.1 Å². The minimum atomic E-state index is -0.205. The molecular weight excluding hydrogens is 448 g/mol. The van der Waals surface area contributed by atoms with Crippen molar-refractivity contribution in [2.75, 3.05) is 26.9 Å². The Bertz CT molecular complexity index is 755. The molecule has 0 saturated heterocycles. The molecule has 0 saturated carbocycles. The van der Waals surface area contributed by atoms with Gasteiger partial charge in [0.15, 0.2) is 17.5 Å². The first kappa shape index (κ1) is 20.3. The highest BCUT2D eigenvalue weighted by Gasteiger charge is 2.12. The van der Waals surface area contributed by atoms with E-state index in [2.05, 4.69) is 15.6 Å². The molecular formula is C19H23FIN3O2. The van der Waals surface area contributed by atoms with Crippen LogP contribution in [-0.2, 0) is 12.8 Å². The number of fused-ring (bicyclic) bond motifs is 1. The second-order valence-electron chi connectivity index (χ2n) is 5.74. The fourth-order valence-electron chi connectivity index (χ4n) is 2.66. The number of halogens is 2. The number of rotatable bonds is 6. The van der Waals surface area contributed by atoms with Crippen LogP contribution in [0.2, 0.25) is 0 Å². The van der Waals surface area contributed by atoms with Crippen molar-refractivity contribution in [1.29, 1.82) is 0 Å². The smallest absolute Gasteiger partial charge is 0.231 e. The van der Waals surface area contributed by atoms with Gasteiger partial charge in [-0.2, -0.15) is 0 Å². The summed E-state index contributed by atoms with van der Waals surface area (Å²) in [6.45, 7) is 1.73. The van der Waals surface area contributed by atoms with Gasteiger partial charge < -0.3 is 20.1 Å². The van der Waals surface area contributed by atoms with E-state index in [1.165, 1.54) is 11.6 Å². The van der Waals surface area contributed by atoms with Crippen LogP contribution < -0.4 is 20.1 Å². The third-order valence-electron chi connectivity index (χ3n) is 3.96. The summed E-state index contributed by atoms with van der Waals surface area (Å²) >= 11 is 0. The van der Waals surface area contributed by atoms with Crippen molar-refractivity contribution >= 4 is 29.9 Å². The Balaban J connectivity index is 0.00000243. The second-order valence-corrected chi connectivity index (χ2v) is 5.74. The quantitative estimate of drug-likeness (QED) is 0.387. The largest absolute Gasteiger partial charge is 0.454 e. The Morgan fingerprint density at radius 3 is 2.38 bits per heavy atom. The zero-order valence-corrected chi connectivity index (χ0v) is 17.0. The molecule has 0 aliphatic carbocycles. The predicted molar refractivity (Wildman–Crippen MR) is 111 cm³/mol. The van der Waals surface area contributed by atoms with Gasteiger partial charge in [0.1, 0.15) is 5.82 Å². The van der Waals surface area contributed by atoms with Gasteiger partial charge in [-0.05, 0) is 48.2 Å². The Hall–Kier alpha value is -2.03. The molecule has 140 valence electrons. The maximum Gasteiger partial charge on any atom is 0.231 e. The van der Waals surface area contributed by atoms with Gasteiger partial charge in [-0.25, -0.2) is 4.39 Å². The fourth-order valence-corrected chi connectivity index (χ4v) is 2.66. The highest BCUT2D eigenvalue weighted by Crippen LogP contribution is 2.32. The Morgan fingerprint density at radius 2 is 1.69 bits per heavy atom. The molecule has 0 atom stereocenters. The lowest BCUT2D eigenvalue weighted by molar-refractivity contribution is 0.174. The number of aliphatic imine (C=N–C) groups is 1. The van der Waals surface area contributed by atoms with Crippen LogP contribution in [0.5, 0.6) is 11.5 Å². The summed E-state index contributed by atoms with van der Waals surface area (Å²) in [5.41, 5.74) is 2.13. The molecule has 0 unspecified atom stereocenters. The lowest BCUT2D eigenvalue weighted by atomic mass is 10.1. The van der Waals surface area contributed by atoms with E-state index in [9.17, 15) is 4.39 Å².